The molecule has 5 rings (SSSR count). The van der Waals surface area contributed by atoms with Gasteiger partial charge < -0.3 is 29.2 Å². The Balaban J connectivity index is 1.58. The van der Waals surface area contributed by atoms with Crippen LogP contribution in [0.2, 0.25) is 0 Å². The molecule has 1 aromatic heterocycles. The van der Waals surface area contributed by atoms with Crippen LogP contribution in [-0.2, 0) is 19.1 Å². The van der Waals surface area contributed by atoms with Gasteiger partial charge in [-0.3, -0.25) is 4.79 Å². The van der Waals surface area contributed by atoms with E-state index in [0.717, 1.165) is 25.7 Å². The highest BCUT2D eigenvalue weighted by Crippen LogP contribution is 2.49. The summed E-state index contributed by atoms with van der Waals surface area (Å²) in [5.41, 5.74) is 0.608. The van der Waals surface area contributed by atoms with E-state index in [1.54, 1.807) is 13.2 Å². The first-order valence-electron chi connectivity index (χ1n) is 16.9. The summed E-state index contributed by atoms with van der Waals surface area (Å²) >= 11 is 0. The largest absolute Gasteiger partial charge is 0.497 e. The second-order valence-electron chi connectivity index (χ2n) is 14.8. The number of carbonyl (C=O) groups excluding carboxylic acids is 3. The molecule has 256 valence electrons. The maximum absolute atomic E-state index is 14.5. The highest BCUT2D eigenvalue weighted by Gasteiger charge is 2.55. The smallest absolute Gasteiger partial charge is 0.408 e. The molecule has 11 nitrogen and oxygen atoms in total. The van der Waals surface area contributed by atoms with Crippen molar-refractivity contribution in [2.45, 2.75) is 104 Å². The first kappa shape index (κ1) is 34.4. The topological polar surface area (TPSA) is 129 Å². The molecule has 47 heavy (non-hydrogen) atoms. The van der Waals surface area contributed by atoms with Crippen LogP contribution in [0, 0.1) is 23.2 Å². The Labute approximate surface area is 277 Å². The molecule has 1 aliphatic carbocycles. The Bertz CT molecular complexity index is 1520. The van der Waals surface area contributed by atoms with Gasteiger partial charge in [0.05, 0.1) is 31.3 Å². The molecule has 3 heterocycles. The van der Waals surface area contributed by atoms with Crippen molar-refractivity contribution >= 4 is 35.1 Å². The number of benzene rings is 1. The quantitative estimate of drug-likeness (QED) is 0.391. The molecule has 1 saturated heterocycles. The van der Waals surface area contributed by atoms with Gasteiger partial charge in [-0.25, -0.2) is 19.6 Å². The average molecular weight is 651 g/mol. The zero-order valence-electron chi connectivity index (χ0n) is 29.0. The first-order valence-corrected chi connectivity index (χ1v) is 16.9. The molecule has 2 bridgehead atoms. The summed E-state index contributed by atoms with van der Waals surface area (Å²) in [5.74, 6) is 0.0321. The molecule has 0 spiro atoms. The van der Waals surface area contributed by atoms with Crippen LogP contribution < -0.4 is 14.8 Å². The van der Waals surface area contributed by atoms with Crippen LogP contribution in [0.3, 0.4) is 0 Å². The van der Waals surface area contributed by atoms with E-state index in [-0.39, 0.29) is 25.0 Å². The van der Waals surface area contributed by atoms with Gasteiger partial charge in [-0.05, 0) is 68.6 Å². The van der Waals surface area contributed by atoms with Gasteiger partial charge in [-0.2, -0.15) is 0 Å². The predicted octanol–water partition coefficient (Wildman–Crippen LogP) is 5.94. The summed E-state index contributed by atoms with van der Waals surface area (Å²) in [6.07, 6.45) is 6.68. The normalized spacial score (nSPS) is 29.0. The van der Waals surface area contributed by atoms with E-state index < -0.39 is 53.1 Å². The third-order valence-electron chi connectivity index (χ3n) is 9.53. The van der Waals surface area contributed by atoms with Gasteiger partial charge in [0, 0.05) is 17.9 Å². The van der Waals surface area contributed by atoms with Gasteiger partial charge in [-0.15, -0.1) is 0 Å². The molecule has 0 radical (unpaired) electrons. The molecule has 0 unspecified atom stereocenters. The third kappa shape index (κ3) is 7.65. The van der Waals surface area contributed by atoms with Crippen LogP contribution in [0.5, 0.6) is 11.6 Å². The molecule has 2 aromatic rings. The minimum Gasteiger partial charge on any atom is -0.497 e. The fraction of sp³-hybridized carbons (Fsp3) is 0.639. The van der Waals surface area contributed by atoms with Crippen molar-refractivity contribution in [3.63, 3.8) is 0 Å². The minimum absolute atomic E-state index is 0.100. The Morgan fingerprint density at radius 2 is 1.96 bits per heavy atom. The minimum atomic E-state index is -0.960. The van der Waals surface area contributed by atoms with Crippen LogP contribution in [0.4, 0.5) is 4.79 Å². The van der Waals surface area contributed by atoms with Crippen molar-refractivity contribution in [2.24, 2.45) is 23.2 Å². The number of rotatable bonds is 5. The molecule has 3 aliphatic rings. The van der Waals surface area contributed by atoms with Crippen LogP contribution in [0.15, 0.2) is 24.3 Å². The van der Waals surface area contributed by atoms with E-state index in [9.17, 15) is 14.4 Å². The number of esters is 1. The lowest BCUT2D eigenvalue weighted by molar-refractivity contribution is -0.157. The van der Waals surface area contributed by atoms with Crippen LogP contribution in [0.1, 0.15) is 86.3 Å². The molecule has 2 fully saturated rings. The number of nitrogens with zero attached hydrogens (tertiary/aromatic N) is 3. The number of amides is 2. The number of ether oxygens (including phenoxy) is 4. The number of methoxy groups -OCH3 is 1. The number of hydrogen-bond donors (Lipinski definition) is 1. The molecular weight excluding hydrogens is 600 g/mol. The first-order chi connectivity index (χ1) is 22.2. The molecular formula is C36H50N4O7. The van der Waals surface area contributed by atoms with E-state index in [1.165, 1.54) is 4.90 Å². The highest BCUT2D eigenvalue weighted by atomic mass is 16.6. The van der Waals surface area contributed by atoms with Crippen molar-refractivity contribution in [2.75, 3.05) is 20.3 Å². The molecule has 6 atom stereocenters. The second-order valence-corrected chi connectivity index (χ2v) is 14.8. The number of fused-ring (bicyclic) bond motifs is 5. The van der Waals surface area contributed by atoms with Crippen molar-refractivity contribution in [3.8, 4) is 11.6 Å². The van der Waals surface area contributed by atoms with Gasteiger partial charge in [-0.1, -0.05) is 47.6 Å². The Morgan fingerprint density at radius 3 is 2.64 bits per heavy atom. The average Bonchev–Trinajstić information content (AvgIpc) is 3.49. The molecule has 1 N–H and O–H groups in total. The number of nitrogens with one attached hydrogen (secondary N) is 1. The third-order valence-corrected chi connectivity index (χ3v) is 9.53. The summed E-state index contributed by atoms with van der Waals surface area (Å²) in [4.78, 5) is 52.8. The summed E-state index contributed by atoms with van der Waals surface area (Å²) < 4.78 is 23.8. The van der Waals surface area contributed by atoms with E-state index in [0.29, 0.717) is 34.8 Å². The molecule has 2 amide bonds. The Morgan fingerprint density at radius 1 is 1.19 bits per heavy atom. The second kappa shape index (κ2) is 13.7. The fourth-order valence-electron chi connectivity index (χ4n) is 6.66. The summed E-state index contributed by atoms with van der Waals surface area (Å²) in [7, 11) is 1.60. The van der Waals surface area contributed by atoms with Crippen LogP contribution >= 0.6 is 0 Å². The zero-order chi connectivity index (χ0) is 34.1. The van der Waals surface area contributed by atoms with Gasteiger partial charge in [0.2, 0.25) is 11.8 Å². The van der Waals surface area contributed by atoms with Gasteiger partial charge in [0.15, 0.2) is 0 Å². The van der Waals surface area contributed by atoms with E-state index in [4.69, 9.17) is 28.9 Å². The maximum Gasteiger partial charge on any atom is 0.408 e. The van der Waals surface area contributed by atoms with Crippen molar-refractivity contribution in [1.29, 1.82) is 0 Å². The van der Waals surface area contributed by atoms with Gasteiger partial charge in [0.25, 0.3) is 0 Å². The summed E-state index contributed by atoms with van der Waals surface area (Å²) in [6, 6.07) is 3.63. The molecule has 1 aromatic carbocycles. The molecule has 2 aliphatic heterocycles. The lowest BCUT2D eigenvalue weighted by Gasteiger charge is -2.35. The Hall–Kier alpha value is -3.89. The van der Waals surface area contributed by atoms with E-state index >= 15 is 0 Å². The van der Waals surface area contributed by atoms with Gasteiger partial charge in [0.1, 0.15) is 35.2 Å². The van der Waals surface area contributed by atoms with Crippen LogP contribution in [0.25, 0.3) is 17.1 Å². The molecule has 1 saturated carbocycles. The summed E-state index contributed by atoms with van der Waals surface area (Å²) in [5, 5.41) is 2.87. The van der Waals surface area contributed by atoms with Crippen molar-refractivity contribution in [3.05, 3.63) is 30.0 Å². The van der Waals surface area contributed by atoms with Crippen molar-refractivity contribution in [1.82, 2.24) is 20.2 Å². The maximum atomic E-state index is 14.5. The molecule has 11 heteroatoms. The zero-order valence-corrected chi connectivity index (χ0v) is 29.0. The van der Waals surface area contributed by atoms with E-state index in [1.807, 2.05) is 66.7 Å². The Kier molecular flexibility index (Phi) is 10.0. The monoisotopic (exact) mass is 650 g/mol. The van der Waals surface area contributed by atoms with Gasteiger partial charge >= 0.3 is 12.1 Å². The van der Waals surface area contributed by atoms with Crippen LogP contribution in [-0.4, -0.2) is 76.9 Å². The number of alkyl carbamates (subject to hydrolysis) is 1. The predicted molar refractivity (Wildman–Crippen MR) is 178 cm³/mol. The standard InChI is InChI=1S/C36H50N4O7/c1-9-24-28-19-40(29(24)33(42)45-20-21(2)3)32(41)30(35(4,5)6)39-34(43)47-36(7)18-22(36)13-11-10-12-14-26-31(46-28)38-27-17-23(44-8)15-16-25(27)37-26/h12,14-17,21-22,24,28-30H,9-11,13,18-20H2,1-8H3,(H,39,43)/b14-12+/t22-,24-,28+,29+,30-,36-/m1/s1. The number of aromatic nitrogens is 2. The highest BCUT2D eigenvalue weighted by molar-refractivity contribution is 5.91. The lowest BCUT2D eigenvalue weighted by atomic mass is 9.85. The SMILES string of the molecule is CC[C@@H]1[C@@H]2CN(C(=O)[C@H](C(C)(C)C)NC(=O)O[C@]3(C)C[C@H]3CCC/C=C/c3nc4ccc(OC)cc4nc3O2)[C@@H]1C(=O)OCC(C)C. The number of hydrogen-bond acceptors (Lipinski definition) is 9. The van der Waals surface area contributed by atoms with E-state index in [2.05, 4.69) is 11.4 Å². The number of carbonyl (C=O) groups is 3. The van der Waals surface area contributed by atoms with Crippen molar-refractivity contribution < 1.29 is 33.3 Å². The fourth-order valence-corrected chi connectivity index (χ4v) is 6.66. The summed E-state index contributed by atoms with van der Waals surface area (Å²) in [6.45, 7) is 13.8. The lowest BCUT2D eigenvalue weighted by Crippen LogP contribution is -2.57. The number of allylic oxidation sites excluding steroid dienone is 1.